The Kier molecular flexibility index (Phi) is 6.25. The van der Waals surface area contributed by atoms with Crippen LogP contribution >= 0.6 is 0 Å². The lowest BCUT2D eigenvalue weighted by atomic mass is 10.2. The predicted molar refractivity (Wildman–Crippen MR) is 67.1 cm³/mol. The van der Waals surface area contributed by atoms with E-state index >= 15 is 0 Å². The van der Waals surface area contributed by atoms with Crippen molar-refractivity contribution in [2.75, 3.05) is 0 Å². The van der Waals surface area contributed by atoms with E-state index in [1.807, 2.05) is 13.8 Å². The van der Waals surface area contributed by atoms with E-state index in [4.69, 9.17) is 22.9 Å². The van der Waals surface area contributed by atoms with Crippen LogP contribution in [0.5, 0.6) is 0 Å². The Bertz CT molecular complexity index is 296. The summed E-state index contributed by atoms with van der Waals surface area (Å²) in [5, 5.41) is 14.7. The lowest BCUT2D eigenvalue weighted by Gasteiger charge is -1.97. The molecule has 0 aromatic carbocycles. The van der Waals surface area contributed by atoms with Crippen LogP contribution in [-0.2, 0) is 0 Å². The van der Waals surface area contributed by atoms with Gasteiger partial charge in [-0.25, -0.2) is 0 Å². The van der Waals surface area contributed by atoms with E-state index in [0.29, 0.717) is 12.8 Å². The summed E-state index contributed by atoms with van der Waals surface area (Å²) >= 11 is 0. The SMILES string of the molecule is C/C(CC/C(C)=N/N=C(N)N)=N/N=C(N)N. The Morgan fingerprint density at radius 2 is 1.00 bits per heavy atom. The van der Waals surface area contributed by atoms with Gasteiger partial charge in [0.15, 0.2) is 0 Å². The molecule has 0 aromatic heterocycles. The zero-order valence-electron chi connectivity index (χ0n) is 9.51. The highest BCUT2D eigenvalue weighted by molar-refractivity contribution is 5.90. The van der Waals surface area contributed by atoms with Crippen LogP contribution in [0.25, 0.3) is 0 Å². The monoisotopic (exact) mass is 226 g/mol. The second-order valence-electron chi connectivity index (χ2n) is 3.22. The fourth-order valence-electron chi connectivity index (χ4n) is 0.748. The third kappa shape index (κ3) is 8.48. The van der Waals surface area contributed by atoms with E-state index in [1.165, 1.54) is 0 Å². The molecule has 0 aliphatic rings. The average Bonchev–Trinajstić information content (AvgIpc) is 2.20. The topological polar surface area (TPSA) is 154 Å². The molecule has 0 radical (unpaired) electrons. The van der Waals surface area contributed by atoms with E-state index in [0.717, 1.165) is 11.4 Å². The normalized spacial score (nSPS) is 12.1. The number of nitrogens with two attached hydrogens (primary N) is 4. The van der Waals surface area contributed by atoms with Gasteiger partial charge in [0, 0.05) is 11.4 Å². The maximum absolute atomic E-state index is 5.13. The molecule has 8 heteroatoms. The van der Waals surface area contributed by atoms with Gasteiger partial charge in [-0.3, -0.25) is 0 Å². The molecule has 0 rings (SSSR count). The first-order valence-electron chi connectivity index (χ1n) is 4.66. The van der Waals surface area contributed by atoms with E-state index in [1.54, 1.807) is 0 Å². The van der Waals surface area contributed by atoms with Gasteiger partial charge in [-0.1, -0.05) is 0 Å². The maximum Gasteiger partial charge on any atom is 0.211 e. The Morgan fingerprint density at radius 3 is 1.25 bits per heavy atom. The second kappa shape index (κ2) is 7.21. The molecule has 0 unspecified atom stereocenters. The molecule has 8 nitrogen and oxygen atoms in total. The van der Waals surface area contributed by atoms with Crippen molar-refractivity contribution in [3.05, 3.63) is 0 Å². The zero-order chi connectivity index (χ0) is 12.6. The molecule has 90 valence electrons. The number of hydrogen-bond acceptors (Lipinski definition) is 4. The van der Waals surface area contributed by atoms with Crippen LogP contribution in [0.1, 0.15) is 26.7 Å². The molecule has 0 amide bonds. The number of nitrogens with zero attached hydrogens (tertiary/aromatic N) is 4. The van der Waals surface area contributed by atoms with Crippen LogP contribution in [-0.4, -0.2) is 23.3 Å². The molecule has 0 aromatic rings. The Balaban J connectivity index is 4.16. The number of guanidine groups is 2. The highest BCUT2D eigenvalue weighted by atomic mass is 15.3. The molecule has 0 spiro atoms. The van der Waals surface area contributed by atoms with Crippen molar-refractivity contribution >= 4 is 23.3 Å². The molecule has 16 heavy (non-hydrogen) atoms. The smallest absolute Gasteiger partial charge is 0.211 e. The molecular formula is C8H18N8. The van der Waals surface area contributed by atoms with Crippen molar-refractivity contribution in [1.82, 2.24) is 0 Å². The molecule has 0 saturated carbocycles. The Hall–Kier alpha value is -2.12. The minimum absolute atomic E-state index is 0.0646. The van der Waals surface area contributed by atoms with Crippen LogP contribution in [0, 0.1) is 0 Å². The van der Waals surface area contributed by atoms with Gasteiger partial charge in [-0.05, 0) is 26.7 Å². The Morgan fingerprint density at radius 1 is 0.688 bits per heavy atom. The summed E-state index contributed by atoms with van der Waals surface area (Å²) in [4.78, 5) is 0. The molecule has 0 aliphatic carbocycles. The van der Waals surface area contributed by atoms with Crippen molar-refractivity contribution in [1.29, 1.82) is 0 Å². The summed E-state index contributed by atoms with van der Waals surface area (Å²) < 4.78 is 0. The van der Waals surface area contributed by atoms with Crippen LogP contribution in [0.3, 0.4) is 0 Å². The highest BCUT2D eigenvalue weighted by Gasteiger charge is 1.95. The van der Waals surface area contributed by atoms with E-state index < -0.39 is 0 Å². The van der Waals surface area contributed by atoms with Crippen LogP contribution < -0.4 is 22.9 Å². The van der Waals surface area contributed by atoms with Crippen molar-refractivity contribution < 1.29 is 0 Å². The fourth-order valence-corrected chi connectivity index (χ4v) is 0.748. The van der Waals surface area contributed by atoms with E-state index in [2.05, 4.69) is 20.4 Å². The van der Waals surface area contributed by atoms with Gasteiger partial charge in [-0.15, -0.1) is 10.2 Å². The summed E-state index contributed by atoms with van der Waals surface area (Å²) in [6.07, 6.45) is 1.37. The minimum Gasteiger partial charge on any atom is -0.369 e. The van der Waals surface area contributed by atoms with Gasteiger partial charge in [0.25, 0.3) is 0 Å². The summed E-state index contributed by atoms with van der Waals surface area (Å²) in [5.41, 5.74) is 22.1. The van der Waals surface area contributed by atoms with Gasteiger partial charge < -0.3 is 22.9 Å². The predicted octanol–water partition coefficient (Wildman–Crippen LogP) is -0.935. The molecule has 0 aliphatic heterocycles. The first-order valence-corrected chi connectivity index (χ1v) is 4.66. The van der Waals surface area contributed by atoms with Crippen molar-refractivity contribution in [2.45, 2.75) is 26.7 Å². The van der Waals surface area contributed by atoms with Gasteiger partial charge in [0.1, 0.15) is 0 Å². The third-order valence-corrected chi connectivity index (χ3v) is 1.52. The van der Waals surface area contributed by atoms with E-state index in [9.17, 15) is 0 Å². The van der Waals surface area contributed by atoms with Gasteiger partial charge in [0.05, 0.1) is 0 Å². The zero-order valence-corrected chi connectivity index (χ0v) is 9.51. The van der Waals surface area contributed by atoms with Crippen molar-refractivity contribution in [3.63, 3.8) is 0 Å². The van der Waals surface area contributed by atoms with Crippen LogP contribution in [0.15, 0.2) is 20.4 Å². The van der Waals surface area contributed by atoms with E-state index in [-0.39, 0.29) is 11.9 Å². The maximum atomic E-state index is 5.13. The summed E-state index contributed by atoms with van der Waals surface area (Å²) in [6, 6.07) is 0. The summed E-state index contributed by atoms with van der Waals surface area (Å²) in [5.74, 6) is -0.129. The molecule has 0 fully saturated rings. The first kappa shape index (κ1) is 13.9. The van der Waals surface area contributed by atoms with Gasteiger partial charge in [-0.2, -0.15) is 10.2 Å². The molecule has 0 saturated heterocycles. The molecule has 0 bridgehead atoms. The highest BCUT2D eigenvalue weighted by Crippen LogP contribution is 1.97. The standard InChI is InChI=1S/C8H18N8/c1-5(13-15-7(9)10)3-4-6(2)14-16-8(11)12/h3-4H2,1-2H3,(H4,9,10,15)(H4,11,12,16)/b13-5-,14-6+. The Labute approximate surface area is 94.2 Å². The number of hydrogen-bond donors (Lipinski definition) is 4. The summed E-state index contributed by atoms with van der Waals surface area (Å²) in [7, 11) is 0. The lowest BCUT2D eigenvalue weighted by molar-refractivity contribution is 1.06. The molecule has 0 atom stereocenters. The quantitative estimate of drug-likeness (QED) is 0.271. The largest absolute Gasteiger partial charge is 0.369 e. The van der Waals surface area contributed by atoms with Crippen molar-refractivity contribution in [2.24, 2.45) is 43.3 Å². The van der Waals surface area contributed by atoms with Crippen LogP contribution in [0.4, 0.5) is 0 Å². The molecule has 0 heterocycles. The average molecular weight is 226 g/mol. The minimum atomic E-state index is -0.0646. The second-order valence-corrected chi connectivity index (χ2v) is 3.22. The van der Waals surface area contributed by atoms with Crippen LogP contribution in [0.2, 0.25) is 0 Å². The third-order valence-electron chi connectivity index (χ3n) is 1.52. The molecular weight excluding hydrogens is 208 g/mol. The van der Waals surface area contributed by atoms with Gasteiger partial charge in [0.2, 0.25) is 11.9 Å². The summed E-state index contributed by atoms with van der Waals surface area (Å²) in [6.45, 7) is 3.64. The lowest BCUT2D eigenvalue weighted by Crippen LogP contribution is -2.22. The number of rotatable bonds is 5. The molecule has 8 N–H and O–H groups in total. The van der Waals surface area contributed by atoms with Gasteiger partial charge >= 0.3 is 0 Å². The fraction of sp³-hybridized carbons (Fsp3) is 0.500. The van der Waals surface area contributed by atoms with Crippen molar-refractivity contribution in [3.8, 4) is 0 Å². The first-order chi connectivity index (χ1) is 7.41.